The zero-order valence-corrected chi connectivity index (χ0v) is 12.1. The Morgan fingerprint density at radius 2 is 2.10 bits per heavy atom. The molecule has 2 N–H and O–H groups in total. The SMILES string of the molecule is COCC(CCO)NC(=O)c1ccccc1SC(F)(F)F. The second kappa shape index (κ2) is 8.26. The zero-order chi connectivity index (χ0) is 15.9. The van der Waals surface area contributed by atoms with Crippen LogP contribution < -0.4 is 5.32 Å². The van der Waals surface area contributed by atoms with E-state index in [0.717, 1.165) is 0 Å². The molecule has 0 fully saturated rings. The predicted molar refractivity (Wildman–Crippen MR) is 73.2 cm³/mol. The van der Waals surface area contributed by atoms with Crippen LogP contribution in [0.2, 0.25) is 0 Å². The number of halogens is 3. The van der Waals surface area contributed by atoms with Crippen molar-refractivity contribution in [1.82, 2.24) is 5.32 Å². The first kappa shape index (κ1) is 17.8. The van der Waals surface area contributed by atoms with Crippen LogP contribution in [0.5, 0.6) is 0 Å². The highest BCUT2D eigenvalue weighted by Gasteiger charge is 2.31. The van der Waals surface area contributed by atoms with Gasteiger partial charge in [0.2, 0.25) is 0 Å². The minimum atomic E-state index is -4.46. The van der Waals surface area contributed by atoms with Crippen molar-refractivity contribution in [3.8, 4) is 0 Å². The lowest BCUT2D eigenvalue weighted by Gasteiger charge is -2.18. The Hall–Kier alpha value is -1.25. The average Bonchev–Trinajstić information content (AvgIpc) is 2.38. The molecule has 8 heteroatoms. The van der Waals surface area contributed by atoms with Gasteiger partial charge < -0.3 is 15.2 Å². The summed E-state index contributed by atoms with van der Waals surface area (Å²) in [6.45, 7) is 0.00807. The van der Waals surface area contributed by atoms with Crippen LogP contribution in [0.4, 0.5) is 13.2 Å². The van der Waals surface area contributed by atoms with E-state index in [2.05, 4.69) is 5.32 Å². The van der Waals surface area contributed by atoms with Gasteiger partial charge >= 0.3 is 5.51 Å². The van der Waals surface area contributed by atoms with Crippen LogP contribution in [0.1, 0.15) is 16.8 Å². The van der Waals surface area contributed by atoms with Crippen molar-refractivity contribution in [2.24, 2.45) is 0 Å². The van der Waals surface area contributed by atoms with E-state index in [0.29, 0.717) is 0 Å². The van der Waals surface area contributed by atoms with Gasteiger partial charge in [0.1, 0.15) is 0 Å². The summed E-state index contributed by atoms with van der Waals surface area (Å²) in [7, 11) is 1.43. The van der Waals surface area contributed by atoms with Crippen LogP contribution >= 0.6 is 11.8 Å². The highest BCUT2D eigenvalue weighted by atomic mass is 32.2. The third-order valence-electron chi connectivity index (χ3n) is 2.54. The van der Waals surface area contributed by atoms with E-state index in [-0.39, 0.29) is 41.9 Å². The van der Waals surface area contributed by atoms with Crippen molar-refractivity contribution in [2.45, 2.75) is 22.9 Å². The number of hydrogen-bond donors (Lipinski definition) is 2. The van der Waals surface area contributed by atoms with Crippen molar-refractivity contribution < 1.29 is 27.8 Å². The quantitative estimate of drug-likeness (QED) is 0.757. The van der Waals surface area contributed by atoms with Gasteiger partial charge in [-0.2, -0.15) is 13.2 Å². The summed E-state index contributed by atoms with van der Waals surface area (Å²) in [5.41, 5.74) is -4.52. The Balaban J connectivity index is 2.86. The van der Waals surface area contributed by atoms with Crippen LogP contribution in [0, 0.1) is 0 Å². The normalized spacial score (nSPS) is 13.0. The lowest BCUT2D eigenvalue weighted by atomic mass is 10.1. The molecule has 0 aromatic heterocycles. The highest BCUT2D eigenvalue weighted by molar-refractivity contribution is 8.00. The zero-order valence-electron chi connectivity index (χ0n) is 11.3. The van der Waals surface area contributed by atoms with Crippen molar-refractivity contribution in [3.05, 3.63) is 29.8 Å². The van der Waals surface area contributed by atoms with Crippen molar-refractivity contribution in [3.63, 3.8) is 0 Å². The molecule has 1 aromatic carbocycles. The number of benzene rings is 1. The van der Waals surface area contributed by atoms with Gasteiger partial charge in [0.15, 0.2) is 0 Å². The van der Waals surface area contributed by atoms with E-state index in [4.69, 9.17) is 9.84 Å². The molecule has 1 unspecified atom stereocenters. The first-order valence-corrected chi connectivity index (χ1v) is 6.94. The number of methoxy groups -OCH3 is 1. The van der Waals surface area contributed by atoms with Crippen LogP contribution in [-0.4, -0.2) is 42.9 Å². The van der Waals surface area contributed by atoms with Crippen LogP contribution in [0.25, 0.3) is 0 Å². The maximum absolute atomic E-state index is 12.5. The Kier molecular flexibility index (Phi) is 7.00. The van der Waals surface area contributed by atoms with Gasteiger partial charge in [-0.1, -0.05) is 12.1 Å². The van der Waals surface area contributed by atoms with Crippen molar-refractivity contribution in [1.29, 1.82) is 0 Å². The third-order valence-corrected chi connectivity index (χ3v) is 3.35. The number of nitrogens with one attached hydrogen (secondary N) is 1. The predicted octanol–water partition coefficient (Wildman–Crippen LogP) is 2.43. The molecule has 21 heavy (non-hydrogen) atoms. The number of amides is 1. The van der Waals surface area contributed by atoms with Gasteiger partial charge in [-0.05, 0) is 30.3 Å². The maximum Gasteiger partial charge on any atom is 0.446 e. The first-order chi connectivity index (χ1) is 9.87. The van der Waals surface area contributed by atoms with E-state index in [1.165, 1.54) is 31.4 Å². The highest BCUT2D eigenvalue weighted by Crippen LogP contribution is 2.38. The van der Waals surface area contributed by atoms with Crippen molar-refractivity contribution >= 4 is 17.7 Å². The number of alkyl halides is 3. The monoisotopic (exact) mass is 323 g/mol. The summed E-state index contributed by atoms with van der Waals surface area (Å²) in [4.78, 5) is 11.9. The van der Waals surface area contributed by atoms with Gasteiger partial charge in [0.25, 0.3) is 5.91 Å². The topological polar surface area (TPSA) is 58.6 Å². The Bertz CT molecular complexity index is 462. The van der Waals surface area contributed by atoms with Gasteiger partial charge in [0.05, 0.1) is 18.2 Å². The number of aliphatic hydroxyl groups is 1. The number of ether oxygens (including phenoxy) is 1. The fraction of sp³-hybridized carbons (Fsp3) is 0.462. The summed E-state index contributed by atoms with van der Waals surface area (Å²) in [5, 5.41) is 11.5. The van der Waals surface area contributed by atoms with E-state index in [1.807, 2.05) is 0 Å². The summed E-state index contributed by atoms with van der Waals surface area (Å²) >= 11 is -0.332. The summed E-state index contributed by atoms with van der Waals surface area (Å²) in [6, 6.07) is 5.03. The number of aliphatic hydroxyl groups excluding tert-OH is 1. The van der Waals surface area contributed by atoms with E-state index in [9.17, 15) is 18.0 Å². The second-order valence-corrected chi connectivity index (χ2v) is 5.29. The van der Waals surface area contributed by atoms with Gasteiger partial charge in [-0.15, -0.1) is 0 Å². The fourth-order valence-corrected chi connectivity index (χ4v) is 2.35. The number of thioether (sulfide) groups is 1. The molecule has 1 aromatic rings. The largest absolute Gasteiger partial charge is 0.446 e. The molecule has 1 atom stereocenters. The molecule has 0 spiro atoms. The van der Waals surface area contributed by atoms with Gasteiger partial charge in [0, 0.05) is 18.6 Å². The molecule has 118 valence electrons. The summed E-state index contributed by atoms with van der Waals surface area (Å²) < 4.78 is 42.3. The number of carbonyl (C=O) groups excluding carboxylic acids is 1. The second-order valence-electron chi connectivity index (χ2n) is 4.18. The summed E-state index contributed by atoms with van der Waals surface area (Å²) in [6.07, 6.45) is 0.258. The van der Waals surface area contributed by atoms with Crippen LogP contribution in [0.3, 0.4) is 0 Å². The number of carbonyl (C=O) groups is 1. The first-order valence-electron chi connectivity index (χ1n) is 6.12. The van der Waals surface area contributed by atoms with Crippen molar-refractivity contribution in [2.75, 3.05) is 20.3 Å². The molecule has 0 aliphatic heterocycles. The maximum atomic E-state index is 12.5. The Labute approximate surface area is 124 Å². The number of hydrogen-bond acceptors (Lipinski definition) is 4. The van der Waals surface area contributed by atoms with E-state index in [1.54, 1.807) is 0 Å². The molecule has 0 saturated carbocycles. The lowest BCUT2D eigenvalue weighted by Crippen LogP contribution is -2.38. The molecule has 0 bridgehead atoms. The number of rotatable bonds is 7. The Morgan fingerprint density at radius 1 is 1.43 bits per heavy atom. The molecular formula is C13H16F3NO3S. The average molecular weight is 323 g/mol. The molecular weight excluding hydrogens is 307 g/mol. The smallest absolute Gasteiger partial charge is 0.396 e. The van der Waals surface area contributed by atoms with Crippen LogP contribution in [0.15, 0.2) is 29.2 Å². The molecule has 4 nitrogen and oxygen atoms in total. The fourth-order valence-electron chi connectivity index (χ4n) is 1.69. The van der Waals surface area contributed by atoms with Gasteiger partial charge in [-0.3, -0.25) is 4.79 Å². The molecule has 0 heterocycles. The standard InChI is InChI=1S/C13H16F3NO3S/c1-20-8-9(6-7-18)17-12(19)10-4-2-3-5-11(10)21-13(14,15)16/h2-5,9,18H,6-8H2,1H3,(H,17,19). The minimum absolute atomic E-state index is 0.0566. The van der Waals surface area contributed by atoms with Gasteiger partial charge in [-0.25, -0.2) is 0 Å². The van der Waals surface area contributed by atoms with Crippen LogP contribution in [-0.2, 0) is 4.74 Å². The van der Waals surface area contributed by atoms with E-state index < -0.39 is 17.5 Å². The van der Waals surface area contributed by atoms with E-state index >= 15 is 0 Å². The third kappa shape index (κ3) is 6.36. The molecule has 1 amide bonds. The molecule has 0 saturated heterocycles. The molecule has 0 radical (unpaired) electrons. The minimum Gasteiger partial charge on any atom is -0.396 e. The molecule has 0 aliphatic rings. The lowest BCUT2D eigenvalue weighted by molar-refractivity contribution is -0.0328. The Morgan fingerprint density at radius 3 is 2.67 bits per heavy atom. The molecule has 1 rings (SSSR count). The summed E-state index contributed by atoms with van der Waals surface area (Å²) in [5.74, 6) is -0.627. The molecule has 0 aliphatic carbocycles.